The number of benzene rings is 3. The molecule has 0 fully saturated rings. The van der Waals surface area contributed by atoms with E-state index in [-0.39, 0.29) is 28.5 Å². The molecule has 1 aromatic heterocycles. The molecule has 9 heteroatoms. The number of aryl methyl sites for hydroxylation is 2. The van der Waals surface area contributed by atoms with Crippen LogP contribution in [0, 0.1) is 13.8 Å². The molecule has 1 heterocycles. The van der Waals surface area contributed by atoms with Crippen molar-refractivity contribution in [3.63, 3.8) is 0 Å². The number of carbonyl (C=O) groups is 3. The number of primary amides is 2. The lowest BCUT2D eigenvalue weighted by Gasteiger charge is -2.17. The maximum Gasteiger partial charge on any atom is 0.248 e. The SMILES string of the molecule is Cc1cccc(C)c1-n1c(-c2ccccc2)cnc1SCC(=O)Nc1cc(C(N)=O)cc(C(N)=O)c1. The van der Waals surface area contributed by atoms with Gasteiger partial charge in [-0.15, -0.1) is 0 Å². The number of nitrogens with two attached hydrogens (primary N) is 2. The summed E-state index contributed by atoms with van der Waals surface area (Å²) in [7, 11) is 0. The number of nitrogens with zero attached hydrogens (tertiary/aromatic N) is 2. The van der Waals surface area contributed by atoms with E-state index in [1.54, 1.807) is 6.20 Å². The molecule has 0 aliphatic rings. The van der Waals surface area contributed by atoms with E-state index in [9.17, 15) is 14.4 Å². The molecule has 0 unspecified atom stereocenters. The van der Waals surface area contributed by atoms with Gasteiger partial charge in [-0.25, -0.2) is 4.98 Å². The van der Waals surface area contributed by atoms with E-state index < -0.39 is 11.8 Å². The van der Waals surface area contributed by atoms with Crippen molar-refractivity contribution in [2.75, 3.05) is 11.1 Å². The third kappa shape index (κ3) is 5.31. The minimum atomic E-state index is -0.730. The highest BCUT2D eigenvalue weighted by molar-refractivity contribution is 7.99. The van der Waals surface area contributed by atoms with Crippen molar-refractivity contribution in [1.82, 2.24) is 9.55 Å². The van der Waals surface area contributed by atoms with Crippen LogP contribution in [0.3, 0.4) is 0 Å². The zero-order valence-corrected chi connectivity index (χ0v) is 20.6. The number of thioether (sulfide) groups is 1. The van der Waals surface area contributed by atoms with Gasteiger partial charge in [-0.2, -0.15) is 0 Å². The third-order valence-corrected chi connectivity index (χ3v) is 6.53. The smallest absolute Gasteiger partial charge is 0.248 e. The first-order chi connectivity index (χ1) is 17.2. The molecule has 0 saturated heterocycles. The molecule has 0 spiro atoms. The van der Waals surface area contributed by atoms with E-state index >= 15 is 0 Å². The number of carbonyl (C=O) groups excluding carboxylic acids is 3. The Bertz CT molecular complexity index is 1410. The summed E-state index contributed by atoms with van der Waals surface area (Å²) in [6.45, 7) is 4.08. The van der Waals surface area contributed by atoms with Crippen LogP contribution in [0.15, 0.2) is 78.1 Å². The van der Waals surface area contributed by atoms with Crippen LogP contribution < -0.4 is 16.8 Å². The van der Waals surface area contributed by atoms with Crippen LogP contribution in [-0.4, -0.2) is 33.0 Å². The standard InChI is InChI=1S/C27H25N5O3S/c1-16-7-6-8-17(2)24(16)32-22(18-9-4-3-5-10-18)14-30-27(32)36-15-23(33)31-21-12-19(25(28)34)11-20(13-21)26(29)35/h3-14H,15H2,1-2H3,(H2,28,34)(H2,29,35)(H,31,33). The highest BCUT2D eigenvalue weighted by Crippen LogP contribution is 2.32. The van der Waals surface area contributed by atoms with Crippen LogP contribution >= 0.6 is 11.8 Å². The number of para-hydroxylation sites is 1. The lowest BCUT2D eigenvalue weighted by Crippen LogP contribution is -2.19. The summed E-state index contributed by atoms with van der Waals surface area (Å²) in [5, 5.41) is 3.37. The molecule has 0 saturated carbocycles. The van der Waals surface area contributed by atoms with Crippen molar-refractivity contribution in [2.45, 2.75) is 19.0 Å². The van der Waals surface area contributed by atoms with Gasteiger partial charge in [-0.05, 0) is 43.2 Å². The summed E-state index contributed by atoms with van der Waals surface area (Å²) in [5.74, 6) is -1.75. The fraction of sp³-hybridized carbons (Fsp3) is 0.111. The quantitative estimate of drug-likeness (QED) is 0.314. The van der Waals surface area contributed by atoms with Gasteiger partial charge in [0.05, 0.1) is 23.3 Å². The van der Waals surface area contributed by atoms with Crippen LogP contribution in [0.25, 0.3) is 16.9 Å². The summed E-state index contributed by atoms with van der Waals surface area (Å²) in [4.78, 5) is 40.7. The van der Waals surface area contributed by atoms with Gasteiger partial charge in [-0.1, -0.05) is 60.3 Å². The summed E-state index contributed by atoms with van der Waals surface area (Å²) in [6, 6.07) is 20.1. The molecule has 4 aromatic rings. The molecule has 0 radical (unpaired) electrons. The van der Waals surface area contributed by atoms with Gasteiger partial charge in [0.15, 0.2) is 5.16 Å². The second-order valence-electron chi connectivity index (χ2n) is 8.23. The maximum atomic E-state index is 12.8. The van der Waals surface area contributed by atoms with Crippen LogP contribution in [0.4, 0.5) is 5.69 Å². The van der Waals surface area contributed by atoms with Crippen LogP contribution in [0.2, 0.25) is 0 Å². The number of amides is 3. The summed E-state index contributed by atoms with van der Waals surface area (Å²) < 4.78 is 2.07. The highest BCUT2D eigenvalue weighted by Gasteiger charge is 2.19. The molecule has 0 bridgehead atoms. The molecule has 182 valence electrons. The zero-order valence-electron chi connectivity index (χ0n) is 19.8. The first-order valence-corrected chi connectivity index (χ1v) is 12.1. The Kier molecular flexibility index (Phi) is 7.21. The minimum absolute atomic E-state index is 0.0445. The average molecular weight is 500 g/mol. The molecule has 0 atom stereocenters. The largest absolute Gasteiger partial charge is 0.366 e. The Balaban J connectivity index is 1.63. The number of aromatic nitrogens is 2. The minimum Gasteiger partial charge on any atom is -0.366 e. The molecular formula is C27H25N5O3S. The molecular weight excluding hydrogens is 474 g/mol. The highest BCUT2D eigenvalue weighted by atomic mass is 32.2. The fourth-order valence-electron chi connectivity index (χ4n) is 3.94. The van der Waals surface area contributed by atoms with Crippen molar-refractivity contribution in [2.24, 2.45) is 11.5 Å². The van der Waals surface area contributed by atoms with Gasteiger partial charge < -0.3 is 16.8 Å². The second kappa shape index (κ2) is 10.5. The van der Waals surface area contributed by atoms with Gasteiger partial charge in [0, 0.05) is 22.4 Å². The Morgan fingerprint density at radius 1 is 0.889 bits per heavy atom. The molecule has 4 rings (SSSR count). The maximum absolute atomic E-state index is 12.8. The molecule has 8 nitrogen and oxygen atoms in total. The summed E-state index contributed by atoms with van der Waals surface area (Å²) in [6.07, 6.45) is 1.80. The normalized spacial score (nSPS) is 10.7. The fourth-order valence-corrected chi connectivity index (χ4v) is 4.71. The molecule has 3 aromatic carbocycles. The predicted molar refractivity (Wildman–Crippen MR) is 141 cm³/mol. The van der Waals surface area contributed by atoms with Crippen LogP contribution in [-0.2, 0) is 4.79 Å². The summed E-state index contributed by atoms with van der Waals surface area (Å²) in [5.41, 5.74) is 16.2. The Morgan fingerprint density at radius 3 is 2.08 bits per heavy atom. The number of nitrogens with one attached hydrogen (secondary N) is 1. The number of hydrogen-bond donors (Lipinski definition) is 3. The van der Waals surface area contributed by atoms with Crippen molar-refractivity contribution < 1.29 is 14.4 Å². The zero-order chi connectivity index (χ0) is 25.8. The Morgan fingerprint density at radius 2 is 1.50 bits per heavy atom. The van der Waals surface area contributed by atoms with Gasteiger partial charge in [-0.3, -0.25) is 19.0 Å². The van der Waals surface area contributed by atoms with Crippen molar-refractivity contribution in [1.29, 1.82) is 0 Å². The molecule has 5 N–H and O–H groups in total. The van der Waals surface area contributed by atoms with Crippen molar-refractivity contribution in [3.05, 3.63) is 95.2 Å². The van der Waals surface area contributed by atoms with Crippen molar-refractivity contribution in [3.8, 4) is 16.9 Å². The van der Waals surface area contributed by atoms with E-state index in [1.165, 1.54) is 30.0 Å². The van der Waals surface area contributed by atoms with E-state index in [1.807, 2.05) is 62.4 Å². The van der Waals surface area contributed by atoms with E-state index in [0.29, 0.717) is 5.16 Å². The molecule has 0 aliphatic carbocycles. The molecule has 3 amide bonds. The molecule has 0 aliphatic heterocycles. The lowest BCUT2D eigenvalue weighted by molar-refractivity contribution is -0.113. The lowest BCUT2D eigenvalue weighted by atomic mass is 10.1. The van der Waals surface area contributed by atoms with E-state index in [2.05, 4.69) is 14.9 Å². The first kappa shape index (κ1) is 24.7. The predicted octanol–water partition coefficient (Wildman–Crippen LogP) is 4.08. The van der Waals surface area contributed by atoms with Gasteiger partial charge in [0.2, 0.25) is 17.7 Å². The monoisotopic (exact) mass is 499 g/mol. The third-order valence-electron chi connectivity index (χ3n) is 5.58. The molecule has 36 heavy (non-hydrogen) atoms. The van der Waals surface area contributed by atoms with Crippen LogP contribution in [0.5, 0.6) is 0 Å². The summed E-state index contributed by atoms with van der Waals surface area (Å²) >= 11 is 1.28. The Labute approximate surface area is 212 Å². The Hall–Kier alpha value is -4.37. The van der Waals surface area contributed by atoms with Gasteiger partial charge in [0.25, 0.3) is 0 Å². The van der Waals surface area contributed by atoms with E-state index in [4.69, 9.17) is 11.5 Å². The topological polar surface area (TPSA) is 133 Å². The number of rotatable bonds is 8. The second-order valence-corrected chi connectivity index (χ2v) is 9.17. The van der Waals surface area contributed by atoms with Crippen LogP contribution in [0.1, 0.15) is 31.8 Å². The van der Waals surface area contributed by atoms with Gasteiger partial charge >= 0.3 is 0 Å². The first-order valence-electron chi connectivity index (χ1n) is 11.1. The average Bonchev–Trinajstić information content (AvgIpc) is 3.26. The number of hydrogen-bond acceptors (Lipinski definition) is 5. The van der Waals surface area contributed by atoms with Crippen molar-refractivity contribution >= 4 is 35.2 Å². The van der Waals surface area contributed by atoms with E-state index in [0.717, 1.165) is 28.1 Å². The number of anilines is 1. The number of imidazole rings is 1. The van der Waals surface area contributed by atoms with Gasteiger partial charge in [0.1, 0.15) is 0 Å².